The summed E-state index contributed by atoms with van der Waals surface area (Å²) in [5, 5.41) is 0. The molecule has 0 N–H and O–H groups in total. The largest absolute Gasteiger partial charge is 0.457 e. The molecular formula is C39H27BrO2. The first-order chi connectivity index (χ1) is 20.7. The van der Waals surface area contributed by atoms with Gasteiger partial charge in [-0.2, -0.15) is 0 Å². The number of aryl methyl sites for hydroxylation is 2. The Balaban J connectivity index is 1.25. The molecule has 0 aromatic heterocycles. The maximum Gasteiger partial charge on any atom is 0.127 e. The van der Waals surface area contributed by atoms with Gasteiger partial charge in [0.05, 0.1) is 5.41 Å². The molecular weight excluding hydrogens is 580 g/mol. The Bertz CT molecular complexity index is 1930. The number of fused-ring (bicyclic) bond motifs is 4. The molecule has 0 fully saturated rings. The number of rotatable bonds is 6. The molecule has 0 saturated carbocycles. The molecule has 0 radical (unpaired) electrons. The molecule has 2 aliphatic carbocycles. The minimum Gasteiger partial charge on any atom is -0.457 e. The van der Waals surface area contributed by atoms with E-state index in [0.29, 0.717) is 0 Å². The molecule has 0 saturated heterocycles. The molecule has 6 aromatic carbocycles. The van der Waals surface area contributed by atoms with Crippen LogP contribution in [0.15, 0.2) is 144 Å². The lowest BCUT2D eigenvalue weighted by Gasteiger charge is -2.34. The van der Waals surface area contributed by atoms with Gasteiger partial charge in [-0.3, -0.25) is 0 Å². The summed E-state index contributed by atoms with van der Waals surface area (Å²) < 4.78 is 13.5. The molecule has 1 atom stereocenters. The maximum absolute atomic E-state index is 6.31. The van der Waals surface area contributed by atoms with Crippen LogP contribution in [0, 0.1) is 0 Å². The quantitative estimate of drug-likeness (QED) is 0.187. The molecule has 8 rings (SSSR count). The van der Waals surface area contributed by atoms with Gasteiger partial charge in [0.2, 0.25) is 0 Å². The van der Waals surface area contributed by atoms with Gasteiger partial charge in [0.1, 0.15) is 23.0 Å². The molecule has 2 nitrogen and oxygen atoms in total. The first-order valence-electron chi connectivity index (χ1n) is 14.3. The fourth-order valence-electron chi connectivity index (χ4n) is 6.58. The standard InChI is InChI=1S/C39H27BrO2/c40-30-17-23-36-35-8-4-5-9-37(35)39(38(36)25-30,28-13-19-32(20-14-28)41-31-6-2-1-3-7-31)29-15-21-33(22-16-29)42-34-18-12-26-10-11-27(26)24-34/h1-9,12-25H,10-11H2. The van der Waals surface area contributed by atoms with Crippen LogP contribution in [-0.4, -0.2) is 0 Å². The number of halogens is 1. The van der Waals surface area contributed by atoms with E-state index in [0.717, 1.165) is 33.9 Å². The Morgan fingerprint density at radius 2 is 1.02 bits per heavy atom. The fraction of sp³-hybridized carbons (Fsp3) is 0.0769. The Labute approximate surface area is 254 Å². The number of hydrogen-bond donors (Lipinski definition) is 0. The average Bonchev–Trinajstić information content (AvgIpc) is 3.30. The van der Waals surface area contributed by atoms with Crippen LogP contribution in [0.2, 0.25) is 0 Å². The van der Waals surface area contributed by atoms with Crippen LogP contribution in [0.1, 0.15) is 33.4 Å². The van der Waals surface area contributed by atoms with Crippen molar-refractivity contribution in [1.82, 2.24) is 0 Å². The zero-order valence-electron chi connectivity index (χ0n) is 22.9. The highest BCUT2D eigenvalue weighted by molar-refractivity contribution is 9.10. The lowest BCUT2D eigenvalue weighted by molar-refractivity contribution is 0.480. The molecule has 1 unspecified atom stereocenters. The highest BCUT2D eigenvalue weighted by atomic mass is 79.9. The molecule has 6 aromatic rings. The van der Waals surface area contributed by atoms with Gasteiger partial charge in [0.15, 0.2) is 0 Å². The molecule has 42 heavy (non-hydrogen) atoms. The van der Waals surface area contributed by atoms with Crippen LogP contribution in [0.25, 0.3) is 11.1 Å². The number of para-hydroxylation sites is 1. The van der Waals surface area contributed by atoms with Crippen molar-refractivity contribution >= 4 is 15.9 Å². The summed E-state index contributed by atoms with van der Waals surface area (Å²) in [5.41, 5.74) is 9.73. The summed E-state index contributed by atoms with van der Waals surface area (Å²) in [6.45, 7) is 0. The van der Waals surface area contributed by atoms with E-state index in [4.69, 9.17) is 9.47 Å². The van der Waals surface area contributed by atoms with Crippen LogP contribution in [0.4, 0.5) is 0 Å². The van der Waals surface area contributed by atoms with Crippen molar-refractivity contribution < 1.29 is 9.47 Å². The van der Waals surface area contributed by atoms with Crippen molar-refractivity contribution in [1.29, 1.82) is 0 Å². The van der Waals surface area contributed by atoms with Gasteiger partial charge in [-0.15, -0.1) is 0 Å². The lowest BCUT2D eigenvalue weighted by Crippen LogP contribution is -2.28. The second-order valence-electron chi connectivity index (χ2n) is 11.0. The van der Waals surface area contributed by atoms with Crippen molar-refractivity contribution in [3.8, 4) is 34.1 Å². The van der Waals surface area contributed by atoms with E-state index in [1.54, 1.807) is 0 Å². The van der Waals surface area contributed by atoms with Gasteiger partial charge in [-0.05, 0) is 118 Å². The van der Waals surface area contributed by atoms with E-state index >= 15 is 0 Å². The van der Waals surface area contributed by atoms with Gasteiger partial charge in [-0.25, -0.2) is 0 Å². The molecule has 0 bridgehead atoms. The number of ether oxygens (including phenoxy) is 2. The smallest absolute Gasteiger partial charge is 0.127 e. The predicted molar refractivity (Wildman–Crippen MR) is 172 cm³/mol. The van der Waals surface area contributed by atoms with E-state index in [2.05, 4.69) is 125 Å². The summed E-state index contributed by atoms with van der Waals surface area (Å²) in [7, 11) is 0. The average molecular weight is 608 g/mol. The summed E-state index contributed by atoms with van der Waals surface area (Å²) in [6.07, 6.45) is 2.31. The first kappa shape index (κ1) is 25.1. The third-order valence-electron chi connectivity index (χ3n) is 8.64. The summed E-state index contributed by atoms with van der Waals surface area (Å²) in [5.74, 6) is 3.36. The molecule has 0 amide bonds. The highest BCUT2D eigenvalue weighted by Crippen LogP contribution is 2.56. The molecule has 2 aliphatic rings. The van der Waals surface area contributed by atoms with Crippen LogP contribution in [0.5, 0.6) is 23.0 Å². The van der Waals surface area contributed by atoms with Crippen molar-refractivity contribution in [2.24, 2.45) is 0 Å². The van der Waals surface area contributed by atoms with E-state index < -0.39 is 5.41 Å². The van der Waals surface area contributed by atoms with Crippen molar-refractivity contribution in [2.75, 3.05) is 0 Å². The Kier molecular flexibility index (Phi) is 6.01. The van der Waals surface area contributed by atoms with E-state index in [1.807, 2.05) is 30.3 Å². The predicted octanol–water partition coefficient (Wildman–Crippen LogP) is 10.5. The number of hydrogen-bond acceptors (Lipinski definition) is 2. The van der Waals surface area contributed by atoms with Crippen molar-refractivity contribution in [3.63, 3.8) is 0 Å². The van der Waals surface area contributed by atoms with Crippen LogP contribution in [0.3, 0.4) is 0 Å². The second kappa shape index (κ2) is 10.0. The van der Waals surface area contributed by atoms with Crippen molar-refractivity contribution in [3.05, 3.63) is 177 Å². The Morgan fingerprint density at radius 1 is 0.452 bits per heavy atom. The normalized spacial score (nSPS) is 16.1. The van der Waals surface area contributed by atoms with E-state index in [9.17, 15) is 0 Å². The number of benzene rings is 6. The van der Waals surface area contributed by atoms with Gasteiger partial charge >= 0.3 is 0 Å². The van der Waals surface area contributed by atoms with Crippen LogP contribution in [-0.2, 0) is 18.3 Å². The van der Waals surface area contributed by atoms with Crippen LogP contribution >= 0.6 is 15.9 Å². The third kappa shape index (κ3) is 4.07. The second-order valence-corrected chi connectivity index (χ2v) is 11.9. The van der Waals surface area contributed by atoms with Gasteiger partial charge in [0.25, 0.3) is 0 Å². The minimum atomic E-state index is -0.505. The van der Waals surface area contributed by atoms with Crippen molar-refractivity contribution in [2.45, 2.75) is 18.3 Å². The molecule has 0 heterocycles. The molecule has 3 heteroatoms. The van der Waals surface area contributed by atoms with Gasteiger partial charge in [0, 0.05) is 4.47 Å². The zero-order chi connectivity index (χ0) is 28.1. The topological polar surface area (TPSA) is 18.5 Å². The Morgan fingerprint density at radius 3 is 1.69 bits per heavy atom. The monoisotopic (exact) mass is 606 g/mol. The van der Waals surface area contributed by atoms with Gasteiger partial charge < -0.3 is 9.47 Å². The molecule has 202 valence electrons. The lowest BCUT2D eigenvalue weighted by atomic mass is 9.68. The Hall–Kier alpha value is -4.60. The minimum absolute atomic E-state index is 0.505. The zero-order valence-corrected chi connectivity index (χ0v) is 24.5. The SMILES string of the molecule is Brc1ccc2c(c1)C(c1ccc(Oc3ccccc3)cc1)(c1ccc(Oc3ccc4c(c3)CC4)cc1)c1ccccc1-2. The third-order valence-corrected chi connectivity index (χ3v) is 9.13. The van der Waals surface area contributed by atoms with E-state index in [-0.39, 0.29) is 0 Å². The highest BCUT2D eigenvalue weighted by Gasteiger charge is 2.46. The van der Waals surface area contributed by atoms with Crippen LogP contribution < -0.4 is 9.47 Å². The van der Waals surface area contributed by atoms with E-state index in [1.165, 1.54) is 50.9 Å². The molecule has 0 aliphatic heterocycles. The van der Waals surface area contributed by atoms with Gasteiger partial charge in [-0.1, -0.05) is 94.8 Å². The summed E-state index contributed by atoms with van der Waals surface area (Å²) in [6, 6.07) is 49.0. The summed E-state index contributed by atoms with van der Waals surface area (Å²) in [4.78, 5) is 0. The molecule has 0 spiro atoms. The summed E-state index contributed by atoms with van der Waals surface area (Å²) >= 11 is 3.78. The maximum atomic E-state index is 6.31. The first-order valence-corrected chi connectivity index (χ1v) is 15.1. The fourth-order valence-corrected chi connectivity index (χ4v) is 6.94.